The molecule has 3 atom stereocenters. The van der Waals surface area contributed by atoms with Crippen LogP contribution < -0.4 is 0 Å². The molecule has 186 valence electrons. The van der Waals surface area contributed by atoms with E-state index in [1.54, 1.807) is 38.1 Å². The lowest BCUT2D eigenvalue weighted by molar-refractivity contribution is -0.269. The first-order chi connectivity index (χ1) is 15.8. The van der Waals surface area contributed by atoms with Crippen molar-refractivity contribution >= 4 is 20.2 Å². The highest BCUT2D eigenvalue weighted by Crippen LogP contribution is 2.46. The van der Waals surface area contributed by atoms with Crippen LogP contribution in [0.4, 0.5) is 0 Å². The number of benzene rings is 2. The summed E-state index contributed by atoms with van der Waals surface area (Å²) in [6.45, 7) is 6.31. The molecule has 2 fully saturated rings. The van der Waals surface area contributed by atoms with Crippen LogP contribution in [0.15, 0.2) is 58.3 Å². The zero-order chi connectivity index (χ0) is 24.8. The van der Waals surface area contributed by atoms with Gasteiger partial charge in [-0.25, -0.2) is 0 Å². The van der Waals surface area contributed by atoms with Crippen molar-refractivity contribution in [2.45, 2.75) is 67.7 Å². The van der Waals surface area contributed by atoms with Crippen molar-refractivity contribution in [2.75, 3.05) is 13.2 Å². The third kappa shape index (κ3) is 5.35. The van der Waals surface area contributed by atoms with Gasteiger partial charge < -0.3 is 14.2 Å². The van der Waals surface area contributed by atoms with Gasteiger partial charge >= 0.3 is 0 Å². The van der Waals surface area contributed by atoms with Gasteiger partial charge in [0, 0.05) is 6.42 Å². The van der Waals surface area contributed by atoms with Crippen molar-refractivity contribution in [3.8, 4) is 0 Å². The molecule has 2 aromatic rings. The predicted octanol–water partition coefficient (Wildman–Crippen LogP) is 3.05. The second-order valence-electron chi connectivity index (χ2n) is 8.98. The van der Waals surface area contributed by atoms with Crippen LogP contribution in [-0.4, -0.2) is 53.8 Å². The summed E-state index contributed by atoms with van der Waals surface area (Å²) in [5.41, 5.74) is 1.83. The van der Waals surface area contributed by atoms with Gasteiger partial charge in [0.15, 0.2) is 5.79 Å². The summed E-state index contributed by atoms with van der Waals surface area (Å²) in [5.74, 6) is -2.57. The molecule has 2 heterocycles. The summed E-state index contributed by atoms with van der Waals surface area (Å²) in [4.78, 5) is 0.0402. The van der Waals surface area contributed by atoms with Gasteiger partial charge in [-0.3, -0.25) is 8.37 Å². The van der Waals surface area contributed by atoms with E-state index in [1.807, 2.05) is 13.8 Å². The van der Waals surface area contributed by atoms with Crippen LogP contribution in [0.2, 0.25) is 0 Å². The Bertz CT molecular complexity index is 1240. The monoisotopic (exact) mass is 512 g/mol. The molecule has 11 heteroatoms. The standard InChI is InChI=1S/C23H28O9S2/c1-16-5-9-19(10-6-16)33(24,25)28-14-18-13-21-23(30-18,32-22(3,4)31-21)15-29-34(26,27)20-11-7-17(2)8-12-20/h5-12,18,21H,13-15H2,1-4H3/t18-,21-,23-/m0/s1. The largest absolute Gasteiger partial charge is 0.341 e. The third-order valence-electron chi connectivity index (χ3n) is 5.62. The SMILES string of the molecule is Cc1ccc(S(=O)(=O)OC[C@@H]2C[C@@H]3OC(C)(C)O[C@]3(COS(=O)(=O)c3ccc(C)cc3)O2)cc1. The maximum absolute atomic E-state index is 12.7. The molecule has 34 heavy (non-hydrogen) atoms. The van der Waals surface area contributed by atoms with Gasteiger partial charge in [-0.15, -0.1) is 0 Å². The maximum Gasteiger partial charge on any atom is 0.297 e. The average Bonchev–Trinajstić information content (AvgIpc) is 3.20. The van der Waals surface area contributed by atoms with Crippen LogP contribution in [0.3, 0.4) is 0 Å². The van der Waals surface area contributed by atoms with E-state index in [-0.39, 0.29) is 22.8 Å². The molecule has 0 spiro atoms. The zero-order valence-electron chi connectivity index (χ0n) is 19.4. The second-order valence-corrected chi connectivity index (χ2v) is 12.2. The fourth-order valence-electron chi connectivity index (χ4n) is 3.96. The van der Waals surface area contributed by atoms with Gasteiger partial charge in [0.25, 0.3) is 20.2 Å². The zero-order valence-corrected chi connectivity index (χ0v) is 21.0. The van der Waals surface area contributed by atoms with Crippen LogP contribution in [0.5, 0.6) is 0 Å². The van der Waals surface area contributed by atoms with Gasteiger partial charge in [0.1, 0.15) is 12.7 Å². The van der Waals surface area contributed by atoms with E-state index in [2.05, 4.69) is 0 Å². The maximum atomic E-state index is 12.7. The first-order valence-corrected chi connectivity index (χ1v) is 13.6. The number of fused-ring (bicyclic) bond motifs is 1. The Morgan fingerprint density at radius 3 is 1.85 bits per heavy atom. The minimum Gasteiger partial charge on any atom is -0.341 e. The fourth-order valence-corrected chi connectivity index (χ4v) is 5.83. The summed E-state index contributed by atoms with van der Waals surface area (Å²) in [6, 6.07) is 12.5. The Kier molecular flexibility index (Phi) is 6.66. The molecule has 2 aliphatic heterocycles. The van der Waals surface area contributed by atoms with Crippen molar-refractivity contribution < 1.29 is 39.4 Å². The minimum atomic E-state index is -4.08. The summed E-state index contributed by atoms with van der Waals surface area (Å²) >= 11 is 0. The molecule has 0 saturated carbocycles. The van der Waals surface area contributed by atoms with Crippen molar-refractivity contribution in [3.63, 3.8) is 0 Å². The van der Waals surface area contributed by atoms with Gasteiger partial charge in [0.05, 0.1) is 22.5 Å². The summed E-state index contributed by atoms with van der Waals surface area (Å²) in [6.07, 6.45) is -1.15. The highest BCUT2D eigenvalue weighted by atomic mass is 32.2. The molecule has 2 aromatic carbocycles. The summed E-state index contributed by atoms with van der Waals surface area (Å²) < 4.78 is 78.7. The molecular formula is C23H28O9S2. The van der Waals surface area contributed by atoms with Crippen LogP contribution in [0, 0.1) is 13.8 Å². The molecule has 2 saturated heterocycles. The molecular weight excluding hydrogens is 484 g/mol. The lowest BCUT2D eigenvalue weighted by Gasteiger charge is -2.28. The number of hydrogen-bond donors (Lipinski definition) is 0. The Morgan fingerprint density at radius 1 is 0.824 bits per heavy atom. The second kappa shape index (κ2) is 8.98. The Morgan fingerprint density at radius 2 is 1.32 bits per heavy atom. The van der Waals surface area contributed by atoms with Gasteiger partial charge in [0.2, 0.25) is 5.79 Å². The molecule has 0 N–H and O–H groups in total. The molecule has 0 radical (unpaired) electrons. The molecule has 0 unspecified atom stereocenters. The van der Waals surface area contributed by atoms with Crippen molar-refractivity contribution in [2.24, 2.45) is 0 Å². The molecule has 0 bridgehead atoms. The molecule has 0 aliphatic carbocycles. The Hall–Kier alpha value is -1.86. The van der Waals surface area contributed by atoms with Gasteiger partial charge in [-0.1, -0.05) is 35.4 Å². The average molecular weight is 513 g/mol. The highest BCUT2D eigenvalue weighted by molar-refractivity contribution is 7.87. The van der Waals surface area contributed by atoms with Crippen LogP contribution >= 0.6 is 0 Å². The Labute approximate surface area is 200 Å². The lowest BCUT2D eigenvalue weighted by atomic mass is 10.1. The van der Waals surface area contributed by atoms with Gasteiger partial charge in [-0.2, -0.15) is 16.8 Å². The van der Waals surface area contributed by atoms with E-state index >= 15 is 0 Å². The number of ether oxygens (including phenoxy) is 3. The fraction of sp³-hybridized carbons (Fsp3) is 0.478. The van der Waals surface area contributed by atoms with Crippen molar-refractivity contribution in [1.29, 1.82) is 0 Å². The highest BCUT2D eigenvalue weighted by Gasteiger charge is 2.61. The van der Waals surface area contributed by atoms with E-state index in [9.17, 15) is 16.8 Å². The minimum absolute atomic E-state index is 0.00583. The van der Waals surface area contributed by atoms with Crippen LogP contribution in [0.1, 0.15) is 31.4 Å². The molecule has 9 nitrogen and oxygen atoms in total. The predicted molar refractivity (Wildman–Crippen MR) is 121 cm³/mol. The van der Waals surface area contributed by atoms with E-state index in [1.165, 1.54) is 24.3 Å². The first kappa shape index (κ1) is 25.2. The number of rotatable bonds is 8. The van der Waals surface area contributed by atoms with Crippen molar-refractivity contribution in [3.05, 3.63) is 59.7 Å². The van der Waals surface area contributed by atoms with E-state index < -0.39 is 50.6 Å². The van der Waals surface area contributed by atoms with E-state index in [0.717, 1.165) is 11.1 Å². The lowest BCUT2D eigenvalue weighted by Crippen LogP contribution is -2.44. The summed E-state index contributed by atoms with van der Waals surface area (Å²) in [7, 11) is -8.08. The third-order valence-corrected chi connectivity index (χ3v) is 8.20. The molecule has 4 rings (SSSR count). The van der Waals surface area contributed by atoms with E-state index in [0.29, 0.717) is 0 Å². The smallest absolute Gasteiger partial charge is 0.297 e. The van der Waals surface area contributed by atoms with Crippen molar-refractivity contribution in [1.82, 2.24) is 0 Å². The van der Waals surface area contributed by atoms with Gasteiger partial charge in [-0.05, 0) is 52.0 Å². The number of aryl methyl sites for hydroxylation is 2. The first-order valence-electron chi connectivity index (χ1n) is 10.8. The molecule has 0 amide bonds. The van der Waals surface area contributed by atoms with Crippen LogP contribution in [-0.2, 0) is 42.8 Å². The quantitative estimate of drug-likeness (QED) is 0.492. The topological polar surface area (TPSA) is 114 Å². The normalized spacial score (nSPS) is 26.5. The number of hydrogen-bond acceptors (Lipinski definition) is 9. The summed E-state index contributed by atoms with van der Waals surface area (Å²) in [5, 5.41) is 0. The van der Waals surface area contributed by atoms with E-state index in [4.69, 9.17) is 22.6 Å². The Balaban J connectivity index is 1.45. The molecule has 2 aliphatic rings. The molecule has 0 aromatic heterocycles. The van der Waals surface area contributed by atoms with Crippen LogP contribution in [0.25, 0.3) is 0 Å².